The standard InChI is InChI=1S/C17H8N2O3S/c20-13(9-4-2-1-3-5-9)17-19-12-14(21)11-8-18-7-6-10(11)15(22)16(12)23-17/h1-8H. The number of hydrogen-bond acceptors (Lipinski definition) is 6. The van der Waals surface area contributed by atoms with Crippen LogP contribution in [0, 0.1) is 0 Å². The molecule has 1 aliphatic rings. The molecule has 5 nitrogen and oxygen atoms in total. The summed E-state index contributed by atoms with van der Waals surface area (Å²) in [6, 6.07) is 10.2. The van der Waals surface area contributed by atoms with Crippen LogP contribution in [-0.4, -0.2) is 27.3 Å². The molecular weight excluding hydrogens is 312 g/mol. The van der Waals surface area contributed by atoms with Gasteiger partial charge in [-0.3, -0.25) is 19.4 Å². The first kappa shape index (κ1) is 13.7. The average molecular weight is 320 g/mol. The lowest BCUT2D eigenvalue weighted by Gasteiger charge is -2.11. The van der Waals surface area contributed by atoms with E-state index in [0.717, 1.165) is 11.3 Å². The Bertz CT molecular complexity index is 924. The number of hydrogen-bond donors (Lipinski definition) is 0. The van der Waals surface area contributed by atoms with Crippen molar-refractivity contribution in [2.45, 2.75) is 0 Å². The molecule has 1 aromatic carbocycles. The van der Waals surface area contributed by atoms with Gasteiger partial charge in [-0.25, -0.2) is 4.98 Å². The molecule has 0 radical (unpaired) electrons. The number of nitrogens with zero attached hydrogens (tertiary/aromatic N) is 2. The van der Waals surface area contributed by atoms with E-state index in [-0.39, 0.29) is 38.5 Å². The van der Waals surface area contributed by atoms with E-state index in [1.165, 1.54) is 18.5 Å². The Kier molecular flexibility index (Phi) is 2.99. The minimum Gasteiger partial charge on any atom is -0.288 e. The van der Waals surface area contributed by atoms with Crippen molar-refractivity contribution in [2.75, 3.05) is 0 Å². The highest BCUT2D eigenvalue weighted by Crippen LogP contribution is 2.31. The van der Waals surface area contributed by atoms with Crippen LogP contribution in [0.15, 0.2) is 48.8 Å². The van der Waals surface area contributed by atoms with Crippen molar-refractivity contribution in [3.8, 4) is 0 Å². The normalized spacial score (nSPS) is 12.7. The molecule has 0 atom stereocenters. The van der Waals surface area contributed by atoms with Crippen LogP contribution in [0.1, 0.15) is 46.7 Å². The number of pyridine rings is 1. The van der Waals surface area contributed by atoms with Crippen LogP contribution in [0.4, 0.5) is 0 Å². The van der Waals surface area contributed by atoms with Crippen molar-refractivity contribution < 1.29 is 14.4 Å². The number of carbonyl (C=O) groups is 3. The van der Waals surface area contributed by atoms with Crippen LogP contribution in [0.25, 0.3) is 0 Å². The van der Waals surface area contributed by atoms with Gasteiger partial charge in [0.1, 0.15) is 10.6 Å². The molecular formula is C17H8N2O3S. The highest BCUT2D eigenvalue weighted by Gasteiger charge is 2.34. The van der Waals surface area contributed by atoms with Gasteiger partial charge in [-0.2, -0.15) is 0 Å². The predicted octanol–water partition coefficient (Wildman–Crippen LogP) is 2.54. The van der Waals surface area contributed by atoms with Gasteiger partial charge < -0.3 is 0 Å². The molecule has 110 valence electrons. The maximum Gasteiger partial charge on any atom is 0.221 e. The molecule has 6 heteroatoms. The Morgan fingerprint density at radius 3 is 2.52 bits per heavy atom. The van der Waals surface area contributed by atoms with Crippen molar-refractivity contribution in [2.24, 2.45) is 0 Å². The van der Waals surface area contributed by atoms with Gasteiger partial charge in [0, 0.05) is 23.5 Å². The summed E-state index contributed by atoms with van der Waals surface area (Å²) in [5.41, 5.74) is 1.05. The van der Waals surface area contributed by atoms with Gasteiger partial charge in [0.15, 0.2) is 5.01 Å². The first-order valence-electron chi connectivity index (χ1n) is 6.81. The molecule has 2 aromatic heterocycles. The summed E-state index contributed by atoms with van der Waals surface area (Å²) in [5, 5.41) is 0.142. The predicted molar refractivity (Wildman–Crippen MR) is 83.1 cm³/mol. The Labute approximate surface area is 134 Å². The van der Waals surface area contributed by atoms with E-state index in [9.17, 15) is 14.4 Å². The molecule has 0 bridgehead atoms. The van der Waals surface area contributed by atoms with Crippen molar-refractivity contribution in [1.29, 1.82) is 0 Å². The fourth-order valence-corrected chi connectivity index (χ4v) is 3.44. The minimum absolute atomic E-state index is 0.0415. The summed E-state index contributed by atoms with van der Waals surface area (Å²) in [6.07, 6.45) is 2.82. The van der Waals surface area contributed by atoms with Crippen LogP contribution in [0.3, 0.4) is 0 Å². The molecule has 0 amide bonds. The third-order valence-electron chi connectivity index (χ3n) is 3.59. The molecule has 0 saturated carbocycles. The molecule has 0 saturated heterocycles. The monoisotopic (exact) mass is 320 g/mol. The van der Waals surface area contributed by atoms with Crippen molar-refractivity contribution in [3.05, 3.63) is 81.1 Å². The highest BCUT2D eigenvalue weighted by molar-refractivity contribution is 7.16. The van der Waals surface area contributed by atoms with Gasteiger partial charge in [0.05, 0.1) is 5.56 Å². The van der Waals surface area contributed by atoms with Crippen LogP contribution < -0.4 is 0 Å². The Morgan fingerprint density at radius 2 is 1.74 bits per heavy atom. The maximum atomic E-state index is 12.5. The fourth-order valence-electron chi connectivity index (χ4n) is 2.46. The lowest BCUT2D eigenvalue weighted by atomic mass is 9.93. The second kappa shape index (κ2) is 5.03. The SMILES string of the molecule is O=C(c1ccccc1)c1nc2c(s1)C(=O)c1ccncc1C2=O. The highest BCUT2D eigenvalue weighted by atomic mass is 32.1. The lowest BCUT2D eigenvalue weighted by Crippen LogP contribution is -2.19. The number of carbonyl (C=O) groups excluding carboxylic acids is 3. The van der Waals surface area contributed by atoms with E-state index in [2.05, 4.69) is 9.97 Å². The van der Waals surface area contributed by atoms with Crippen molar-refractivity contribution >= 4 is 28.7 Å². The van der Waals surface area contributed by atoms with E-state index in [0.29, 0.717) is 11.1 Å². The quantitative estimate of drug-likeness (QED) is 0.530. The molecule has 23 heavy (non-hydrogen) atoms. The van der Waals surface area contributed by atoms with Gasteiger partial charge in [-0.05, 0) is 6.07 Å². The second-order valence-electron chi connectivity index (χ2n) is 4.97. The smallest absolute Gasteiger partial charge is 0.221 e. The van der Waals surface area contributed by atoms with Crippen LogP contribution >= 0.6 is 11.3 Å². The molecule has 0 unspecified atom stereocenters. The number of ketones is 3. The van der Waals surface area contributed by atoms with Gasteiger partial charge >= 0.3 is 0 Å². The average Bonchev–Trinajstić information content (AvgIpc) is 3.05. The van der Waals surface area contributed by atoms with Crippen molar-refractivity contribution in [1.82, 2.24) is 9.97 Å². The number of aromatic nitrogens is 2. The minimum atomic E-state index is -0.369. The number of fused-ring (bicyclic) bond motifs is 2. The number of thiazole rings is 1. The Morgan fingerprint density at radius 1 is 0.957 bits per heavy atom. The maximum absolute atomic E-state index is 12.5. The van der Waals surface area contributed by atoms with E-state index in [1.807, 2.05) is 0 Å². The summed E-state index contributed by atoms with van der Waals surface area (Å²) in [5.74, 6) is -0.958. The molecule has 0 N–H and O–H groups in total. The van der Waals surface area contributed by atoms with E-state index >= 15 is 0 Å². The third-order valence-corrected chi connectivity index (χ3v) is 4.64. The van der Waals surface area contributed by atoms with Crippen LogP contribution in [0.5, 0.6) is 0 Å². The van der Waals surface area contributed by atoms with Gasteiger partial charge in [-0.1, -0.05) is 30.3 Å². The topological polar surface area (TPSA) is 77.0 Å². The summed E-state index contributed by atoms with van der Waals surface area (Å²) in [6.45, 7) is 0. The van der Waals surface area contributed by atoms with Crippen molar-refractivity contribution in [3.63, 3.8) is 0 Å². The van der Waals surface area contributed by atoms with E-state index in [4.69, 9.17) is 0 Å². The number of rotatable bonds is 2. The first-order chi connectivity index (χ1) is 11.2. The zero-order valence-corrected chi connectivity index (χ0v) is 12.5. The molecule has 1 aliphatic carbocycles. The summed E-state index contributed by atoms with van der Waals surface area (Å²) in [7, 11) is 0. The Hall–Kier alpha value is -2.99. The first-order valence-corrected chi connectivity index (χ1v) is 7.62. The molecule has 0 spiro atoms. The molecule has 4 rings (SSSR count). The largest absolute Gasteiger partial charge is 0.288 e. The lowest BCUT2D eigenvalue weighted by molar-refractivity contribution is 0.0978. The summed E-state index contributed by atoms with van der Waals surface area (Å²) >= 11 is 0.962. The van der Waals surface area contributed by atoms with Gasteiger partial charge in [0.25, 0.3) is 0 Å². The van der Waals surface area contributed by atoms with E-state index in [1.54, 1.807) is 30.3 Å². The van der Waals surface area contributed by atoms with Gasteiger partial charge in [-0.15, -0.1) is 11.3 Å². The Balaban J connectivity index is 1.83. The van der Waals surface area contributed by atoms with E-state index < -0.39 is 0 Å². The fraction of sp³-hybridized carbons (Fsp3) is 0. The van der Waals surface area contributed by atoms with Crippen LogP contribution in [-0.2, 0) is 0 Å². The molecule has 3 aromatic rings. The summed E-state index contributed by atoms with van der Waals surface area (Å²) in [4.78, 5) is 45.7. The second-order valence-corrected chi connectivity index (χ2v) is 5.97. The van der Waals surface area contributed by atoms with Crippen LogP contribution in [0.2, 0.25) is 0 Å². The number of benzene rings is 1. The molecule has 0 fully saturated rings. The zero-order valence-electron chi connectivity index (χ0n) is 11.6. The van der Waals surface area contributed by atoms with Gasteiger partial charge in [0.2, 0.25) is 17.3 Å². The zero-order chi connectivity index (χ0) is 16.0. The molecule has 0 aliphatic heterocycles. The third kappa shape index (κ3) is 2.03. The summed E-state index contributed by atoms with van der Waals surface area (Å²) < 4.78 is 0. The molecule has 2 heterocycles.